The van der Waals surface area contributed by atoms with E-state index in [0.717, 1.165) is 17.1 Å². The third-order valence-corrected chi connectivity index (χ3v) is 10.9. The molecule has 52 heavy (non-hydrogen) atoms. The molecular weight excluding hydrogens is 627 g/mol. The van der Waals surface area contributed by atoms with Crippen molar-refractivity contribution in [3.63, 3.8) is 0 Å². The highest BCUT2D eigenvalue weighted by Crippen LogP contribution is 2.57. The highest BCUT2D eigenvalue weighted by Gasteiger charge is 2.46. The number of anilines is 3. The van der Waals surface area contributed by atoms with E-state index in [1.807, 2.05) is 0 Å². The molecule has 0 spiro atoms. The van der Waals surface area contributed by atoms with Gasteiger partial charge in [-0.15, -0.1) is 0 Å². The molecule has 0 atom stereocenters. The fourth-order valence-electron chi connectivity index (χ4n) is 8.60. The topological polar surface area (TPSA) is 3.24 Å². The van der Waals surface area contributed by atoms with Gasteiger partial charge in [0.15, 0.2) is 0 Å². The van der Waals surface area contributed by atoms with Crippen molar-refractivity contribution in [1.82, 2.24) is 0 Å². The number of benzene rings is 9. The van der Waals surface area contributed by atoms with E-state index in [-0.39, 0.29) is 0 Å². The van der Waals surface area contributed by atoms with Crippen LogP contribution in [0.25, 0.3) is 43.8 Å². The molecule has 0 fully saturated rings. The van der Waals surface area contributed by atoms with Gasteiger partial charge in [-0.2, -0.15) is 0 Å². The van der Waals surface area contributed by atoms with Crippen LogP contribution in [-0.4, -0.2) is 0 Å². The molecule has 10 rings (SSSR count). The summed E-state index contributed by atoms with van der Waals surface area (Å²) in [6.45, 7) is 0. The van der Waals surface area contributed by atoms with Crippen molar-refractivity contribution >= 4 is 38.6 Å². The van der Waals surface area contributed by atoms with Crippen LogP contribution in [0.2, 0.25) is 0 Å². The van der Waals surface area contributed by atoms with E-state index in [9.17, 15) is 0 Å². The summed E-state index contributed by atoms with van der Waals surface area (Å²) in [6.07, 6.45) is 0. The Morgan fingerprint density at radius 3 is 1.58 bits per heavy atom. The van der Waals surface area contributed by atoms with Gasteiger partial charge >= 0.3 is 0 Å². The van der Waals surface area contributed by atoms with Crippen molar-refractivity contribution < 1.29 is 0 Å². The van der Waals surface area contributed by atoms with Gasteiger partial charge in [-0.05, 0) is 102 Å². The third kappa shape index (κ3) is 4.71. The van der Waals surface area contributed by atoms with E-state index in [4.69, 9.17) is 0 Å². The Labute approximate surface area is 304 Å². The Hall–Kier alpha value is -6.70. The van der Waals surface area contributed by atoms with Crippen molar-refractivity contribution in [3.05, 3.63) is 235 Å². The molecule has 1 aliphatic rings. The summed E-state index contributed by atoms with van der Waals surface area (Å²) in [7, 11) is 0. The van der Waals surface area contributed by atoms with Gasteiger partial charge in [-0.3, -0.25) is 0 Å². The average Bonchev–Trinajstić information content (AvgIpc) is 3.52. The summed E-state index contributed by atoms with van der Waals surface area (Å²) in [4.78, 5) is 2.41. The largest absolute Gasteiger partial charge is 0.310 e. The highest BCUT2D eigenvalue weighted by molar-refractivity contribution is 6.08. The molecule has 9 aromatic carbocycles. The maximum Gasteiger partial charge on any atom is 0.0713 e. The monoisotopic (exact) mass is 661 g/mol. The van der Waals surface area contributed by atoms with Crippen molar-refractivity contribution in [3.8, 4) is 22.3 Å². The van der Waals surface area contributed by atoms with Crippen molar-refractivity contribution in [1.29, 1.82) is 0 Å². The molecule has 0 bridgehead atoms. The predicted octanol–water partition coefficient (Wildman–Crippen LogP) is 13.5. The van der Waals surface area contributed by atoms with Crippen LogP contribution in [0.4, 0.5) is 17.1 Å². The van der Waals surface area contributed by atoms with E-state index in [0.29, 0.717) is 0 Å². The number of rotatable bonds is 6. The number of hydrogen-bond donors (Lipinski definition) is 0. The Bertz CT molecular complexity index is 2670. The third-order valence-electron chi connectivity index (χ3n) is 10.9. The fourth-order valence-corrected chi connectivity index (χ4v) is 8.60. The summed E-state index contributed by atoms with van der Waals surface area (Å²) < 4.78 is 0. The maximum absolute atomic E-state index is 2.41. The van der Waals surface area contributed by atoms with Crippen LogP contribution in [0.15, 0.2) is 212 Å². The van der Waals surface area contributed by atoms with Gasteiger partial charge < -0.3 is 4.90 Å². The predicted molar refractivity (Wildman–Crippen MR) is 219 cm³/mol. The fraction of sp³-hybridized carbons (Fsp3) is 0.0196. The van der Waals surface area contributed by atoms with Gasteiger partial charge in [0.25, 0.3) is 0 Å². The molecule has 0 unspecified atom stereocenters. The second-order valence-electron chi connectivity index (χ2n) is 13.7. The van der Waals surface area contributed by atoms with Crippen LogP contribution in [-0.2, 0) is 5.41 Å². The molecule has 1 heteroatoms. The SMILES string of the molecule is c1ccc(-c2ccc(N(c3ccc4c(c3)-c3ccccc3C4(c3ccccc3)c3ccccc3)c3ccc4c(ccc5ccccc54)c3)cc2)cc1. The molecule has 0 aromatic heterocycles. The molecule has 9 aromatic rings. The van der Waals surface area contributed by atoms with Crippen LogP contribution in [0.5, 0.6) is 0 Å². The summed E-state index contributed by atoms with van der Waals surface area (Å²) in [5, 5.41) is 5.02. The molecular formula is C51H35N. The first-order valence-electron chi connectivity index (χ1n) is 18.0. The van der Waals surface area contributed by atoms with Gasteiger partial charge in [-0.25, -0.2) is 0 Å². The molecule has 0 aliphatic heterocycles. The number of fused-ring (bicyclic) bond motifs is 6. The van der Waals surface area contributed by atoms with Crippen LogP contribution >= 0.6 is 0 Å². The molecule has 0 heterocycles. The smallest absolute Gasteiger partial charge is 0.0713 e. The molecule has 244 valence electrons. The van der Waals surface area contributed by atoms with E-state index in [2.05, 4.69) is 217 Å². The first-order valence-corrected chi connectivity index (χ1v) is 18.0. The Morgan fingerprint density at radius 2 is 0.827 bits per heavy atom. The average molecular weight is 662 g/mol. The Kier molecular flexibility index (Phi) is 7.11. The minimum absolute atomic E-state index is 0.431. The van der Waals surface area contributed by atoms with Crippen molar-refractivity contribution in [2.45, 2.75) is 5.41 Å². The normalized spacial score (nSPS) is 12.8. The van der Waals surface area contributed by atoms with Crippen LogP contribution < -0.4 is 4.90 Å². The van der Waals surface area contributed by atoms with Crippen LogP contribution in [0.1, 0.15) is 22.3 Å². The standard InChI is InChI=1S/C51H35N/c1-4-14-36(15-5-1)37-26-28-42(29-27-37)52(43-30-32-46-39(34-43)25-24-38-16-10-11-21-45(38)46)44-31-33-50-48(35-44)47-22-12-13-23-49(47)51(50,40-17-6-2-7-18-40)41-19-8-3-9-20-41/h1-35H. The first kappa shape index (κ1) is 30.2. The molecule has 0 radical (unpaired) electrons. The van der Waals surface area contributed by atoms with Crippen LogP contribution in [0.3, 0.4) is 0 Å². The Balaban J connectivity index is 1.19. The minimum atomic E-state index is -0.431. The molecule has 0 saturated carbocycles. The van der Waals surface area contributed by atoms with E-state index in [1.165, 1.54) is 66.1 Å². The molecule has 0 N–H and O–H groups in total. The summed E-state index contributed by atoms with van der Waals surface area (Å²) in [6, 6.07) is 77.8. The van der Waals surface area contributed by atoms with Crippen LogP contribution in [0, 0.1) is 0 Å². The number of hydrogen-bond acceptors (Lipinski definition) is 1. The zero-order valence-corrected chi connectivity index (χ0v) is 28.7. The lowest BCUT2D eigenvalue weighted by Gasteiger charge is -2.34. The minimum Gasteiger partial charge on any atom is -0.310 e. The van der Waals surface area contributed by atoms with Gasteiger partial charge in [0.1, 0.15) is 0 Å². The van der Waals surface area contributed by atoms with E-state index < -0.39 is 5.41 Å². The van der Waals surface area contributed by atoms with E-state index >= 15 is 0 Å². The molecule has 0 saturated heterocycles. The molecule has 1 nitrogen and oxygen atoms in total. The van der Waals surface area contributed by atoms with Gasteiger partial charge in [-0.1, -0.05) is 176 Å². The maximum atomic E-state index is 2.41. The van der Waals surface area contributed by atoms with E-state index in [1.54, 1.807) is 0 Å². The second kappa shape index (κ2) is 12.3. The lowest BCUT2D eigenvalue weighted by molar-refractivity contribution is 0.768. The zero-order chi connectivity index (χ0) is 34.5. The van der Waals surface area contributed by atoms with Crippen molar-refractivity contribution in [2.75, 3.05) is 4.90 Å². The van der Waals surface area contributed by atoms with Gasteiger partial charge in [0.05, 0.1) is 5.41 Å². The summed E-state index contributed by atoms with van der Waals surface area (Å²) in [5.41, 5.74) is 13.0. The Morgan fingerprint density at radius 1 is 0.308 bits per heavy atom. The highest BCUT2D eigenvalue weighted by atomic mass is 15.1. The van der Waals surface area contributed by atoms with Gasteiger partial charge in [0, 0.05) is 17.1 Å². The van der Waals surface area contributed by atoms with Gasteiger partial charge in [0.2, 0.25) is 0 Å². The quantitative estimate of drug-likeness (QED) is 0.160. The lowest BCUT2D eigenvalue weighted by atomic mass is 9.68. The summed E-state index contributed by atoms with van der Waals surface area (Å²) >= 11 is 0. The zero-order valence-electron chi connectivity index (χ0n) is 28.7. The number of nitrogens with zero attached hydrogens (tertiary/aromatic N) is 1. The molecule has 1 aliphatic carbocycles. The first-order chi connectivity index (χ1) is 25.8. The second-order valence-corrected chi connectivity index (χ2v) is 13.7. The lowest BCUT2D eigenvalue weighted by Crippen LogP contribution is -2.28. The van der Waals surface area contributed by atoms with Crippen molar-refractivity contribution in [2.24, 2.45) is 0 Å². The summed E-state index contributed by atoms with van der Waals surface area (Å²) in [5.74, 6) is 0. The molecule has 0 amide bonds.